The molecule has 2 rings (SSSR count). The Morgan fingerprint density at radius 2 is 2.07 bits per heavy atom. The van der Waals surface area contributed by atoms with Crippen molar-refractivity contribution < 1.29 is 19.0 Å². The van der Waals surface area contributed by atoms with Crippen LogP contribution in [0.2, 0.25) is 0 Å². The van der Waals surface area contributed by atoms with Crippen LogP contribution in [0.1, 0.15) is 27.2 Å². The third-order valence-electron chi connectivity index (χ3n) is 2.86. The molecule has 2 aliphatic heterocycles. The van der Waals surface area contributed by atoms with Gasteiger partial charge in [-0.2, -0.15) is 0 Å². The molecule has 86 valence electrons. The Morgan fingerprint density at radius 3 is 2.73 bits per heavy atom. The minimum absolute atomic E-state index is 0.121. The highest BCUT2D eigenvalue weighted by atomic mass is 16.7. The van der Waals surface area contributed by atoms with Gasteiger partial charge in [0.05, 0.1) is 24.5 Å². The second-order valence-corrected chi connectivity index (χ2v) is 5.22. The summed E-state index contributed by atoms with van der Waals surface area (Å²) in [5.74, 6) is 0.0694. The Bertz CT molecular complexity index is 256. The van der Waals surface area contributed by atoms with E-state index in [-0.39, 0.29) is 24.3 Å². The van der Waals surface area contributed by atoms with Gasteiger partial charge < -0.3 is 14.2 Å². The number of hydrogen-bond acceptors (Lipinski definition) is 4. The van der Waals surface area contributed by atoms with Crippen molar-refractivity contribution >= 4 is 5.97 Å². The summed E-state index contributed by atoms with van der Waals surface area (Å²) in [6, 6.07) is 0. The van der Waals surface area contributed by atoms with Gasteiger partial charge in [0.2, 0.25) is 0 Å². The van der Waals surface area contributed by atoms with E-state index < -0.39 is 5.41 Å². The summed E-state index contributed by atoms with van der Waals surface area (Å²) in [5, 5.41) is 0. The fraction of sp³-hybridized carbons (Fsp3) is 0.909. The first-order chi connectivity index (χ1) is 6.98. The van der Waals surface area contributed by atoms with Gasteiger partial charge in [-0.1, -0.05) is 0 Å². The van der Waals surface area contributed by atoms with Crippen molar-refractivity contribution in [3.8, 4) is 0 Å². The minimum Gasteiger partial charge on any atom is -0.459 e. The van der Waals surface area contributed by atoms with Crippen molar-refractivity contribution in [2.75, 3.05) is 13.2 Å². The molecule has 0 aromatic rings. The highest BCUT2D eigenvalue weighted by molar-refractivity contribution is 5.75. The van der Waals surface area contributed by atoms with E-state index in [1.807, 2.05) is 20.8 Å². The first-order valence-electron chi connectivity index (χ1n) is 5.43. The van der Waals surface area contributed by atoms with Crippen molar-refractivity contribution in [2.24, 2.45) is 11.3 Å². The predicted molar refractivity (Wildman–Crippen MR) is 53.1 cm³/mol. The van der Waals surface area contributed by atoms with Crippen molar-refractivity contribution in [1.82, 2.24) is 0 Å². The van der Waals surface area contributed by atoms with E-state index in [2.05, 4.69) is 0 Å². The second kappa shape index (κ2) is 3.76. The zero-order valence-electron chi connectivity index (χ0n) is 9.49. The third kappa shape index (κ3) is 2.16. The van der Waals surface area contributed by atoms with Gasteiger partial charge in [-0.3, -0.25) is 4.79 Å². The van der Waals surface area contributed by atoms with E-state index in [0.29, 0.717) is 13.2 Å². The van der Waals surface area contributed by atoms with Crippen LogP contribution in [0.25, 0.3) is 0 Å². The monoisotopic (exact) mass is 214 g/mol. The maximum atomic E-state index is 11.7. The summed E-state index contributed by atoms with van der Waals surface area (Å²) in [5.41, 5.74) is -0.447. The van der Waals surface area contributed by atoms with E-state index in [4.69, 9.17) is 14.2 Å². The van der Waals surface area contributed by atoms with Crippen LogP contribution < -0.4 is 0 Å². The van der Waals surface area contributed by atoms with Crippen LogP contribution in [-0.2, 0) is 19.0 Å². The lowest BCUT2D eigenvalue weighted by molar-refractivity contribution is -0.160. The van der Waals surface area contributed by atoms with Crippen molar-refractivity contribution in [3.05, 3.63) is 0 Å². The zero-order valence-corrected chi connectivity index (χ0v) is 9.49. The Hall–Kier alpha value is -0.610. The molecule has 0 radical (unpaired) electrons. The summed E-state index contributed by atoms with van der Waals surface area (Å²) in [4.78, 5) is 11.7. The molecule has 0 saturated carbocycles. The van der Waals surface area contributed by atoms with Crippen LogP contribution >= 0.6 is 0 Å². The number of hydrogen-bond donors (Lipinski definition) is 0. The standard InChI is InChI=1S/C11H18O4/c1-11(2,3)10(12)15-8-6-14-9-7(8)4-5-13-9/h7-9H,4-6H2,1-3H3/t7-,8+,9+/m0/s1. The highest BCUT2D eigenvalue weighted by Gasteiger charge is 2.44. The van der Waals surface area contributed by atoms with Crippen molar-refractivity contribution in [2.45, 2.75) is 39.6 Å². The summed E-state index contributed by atoms with van der Waals surface area (Å²) in [6.07, 6.45) is 0.652. The summed E-state index contributed by atoms with van der Waals surface area (Å²) in [7, 11) is 0. The average Bonchev–Trinajstić information content (AvgIpc) is 2.67. The highest BCUT2D eigenvalue weighted by Crippen LogP contribution is 2.34. The van der Waals surface area contributed by atoms with Gasteiger partial charge in [-0.15, -0.1) is 0 Å². The van der Waals surface area contributed by atoms with Crippen LogP contribution in [0.4, 0.5) is 0 Å². The Labute approximate surface area is 89.9 Å². The maximum Gasteiger partial charge on any atom is 0.311 e. The van der Waals surface area contributed by atoms with Gasteiger partial charge in [-0.05, 0) is 27.2 Å². The van der Waals surface area contributed by atoms with Crippen molar-refractivity contribution in [1.29, 1.82) is 0 Å². The van der Waals surface area contributed by atoms with Crippen LogP contribution in [-0.4, -0.2) is 31.6 Å². The fourth-order valence-electron chi connectivity index (χ4n) is 1.86. The normalized spacial score (nSPS) is 35.3. The molecule has 0 bridgehead atoms. The smallest absolute Gasteiger partial charge is 0.311 e. The van der Waals surface area contributed by atoms with Gasteiger partial charge in [0.15, 0.2) is 6.29 Å². The van der Waals surface area contributed by atoms with E-state index in [1.54, 1.807) is 0 Å². The molecule has 2 fully saturated rings. The lowest BCUT2D eigenvalue weighted by atomic mass is 9.96. The molecule has 15 heavy (non-hydrogen) atoms. The largest absolute Gasteiger partial charge is 0.459 e. The lowest BCUT2D eigenvalue weighted by Gasteiger charge is -2.22. The van der Waals surface area contributed by atoms with Gasteiger partial charge in [0.1, 0.15) is 6.10 Å². The van der Waals surface area contributed by atoms with E-state index in [0.717, 1.165) is 6.42 Å². The van der Waals surface area contributed by atoms with Crippen LogP contribution in [0, 0.1) is 11.3 Å². The Morgan fingerprint density at radius 1 is 1.33 bits per heavy atom. The number of rotatable bonds is 1. The SMILES string of the molecule is CC(C)(C)C(=O)O[C@@H]1CO[C@H]2OCC[C@H]21. The average molecular weight is 214 g/mol. The molecule has 0 amide bonds. The number of carbonyl (C=O) groups excluding carboxylic acids is 1. The number of fused-ring (bicyclic) bond motifs is 1. The first-order valence-corrected chi connectivity index (χ1v) is 5.43. The predicted octanol–water partition coefficient (Wildman–Crippen LogP) is 1.34. The molecule has 2 saturated heterocycles. The topological polar surface area (TPSA) is 44.8 Å². The maximum absolute atomic E-state index is 11.7. The van der Waals surface area contributed by atoms with Gasteiger partial charge >= 0.3 is 5.97 Å². The number of ether oxygens (including phenoxy) is 3. The van der Waals surface area contributed by atoms with Gasteiger partial charge in [0, 0.05) is 0 Å². The molecule has 0 spiro atoms. The van der Waals surface area contributed by atoms with Crippen LogP contribution in [0.5, 0.6) is 0 Å². The minimum atomic E-state index is -0.447. The number of carbonyl (C=O) groups is 1. The number of esters is 1. The molecule has 0 N–H and O–H groups in total. The molecular formula is C11H18O4. The quantitative estimate of drug-likeness (QED) is 0.618. The molecule has 4 nitrogen and oxygen atoms in total. The molecule has 0 aromatic heterocycles. The van der Waals surface area contributed by atoms with E-state index >= 15 is 0 Å². The lowest BCUT2D eigenvalue weighted by Crippen LogP contribution is -2.32. The molecule has 0 unspecified atom stereocenters. The summed E-state index contributed by atoms with van der Waals surface area (Å²) < 4.78 is 16.2. The molecule has 4 heteroatoms. The summed E-state index contributed by atoms with van der Waals surface area (Å²) in [6.45, 7) is 6.74. The fourth-order valence-corrected chi connectivity index (χ4v) is 1.86. The molecule has 2 aliphatic rings. The molecule has 3 atom stereocenters. The van der Waals surface area contributed by atoms with E-state index in [9.17, 15) is 4.79 Å². The van der Waals surface area contributed by atoms with Gasteiger partial charge in [-0.25, -0.2) is 0 Å². The molecule has 2 heterocycles. The molecule has 0 aromatic carbocycles. The first kappa shape index (κ1) is 10.9. The van der Waals surface area contributed by atoms with E-state index in [1.165, 1.54) is 0 Å². The van der Waals surface area contributed by atoms with Gasteiger partial charge in [0.25, 0.3) is 0 Å². The Balaban J connectivity index is 1.93. The Kier molecular flexibility index (Phi) is 2.73. The van der Waals surface area contributed by atoms with Crippen LogP contribution in [0.3, 0.4) is 0 Å². The zero-order chi connectivity index (χ0) is 11.1. The van der Waals surface area contributed by atoms with Crippen LogP contribution in [0.15, 0.2) is 0 Å². The molecule has 0 aliphatic carbocycles. The third-order valence-corrected chi connectivity index (χ3v) is 2.86. The molecular weight excluding hydrogens is 196 g/mol. The second-order valence-electron chi connectivity index (χ2n) is 5.22. The van der Waals surface area contributed by atoms with Crippen molar-refractivity contribution in [3.63, 3.8) is 0 Å². The summed E-state index contributed by atoms with van der Waals surface area (Å²) >= 11 is 0.